The van der Waals surface area contributed by atoms with E-state index in [0.29, 0.717) is 11.3 Å². The van der Waals surface area contributed by atoms with Crippen LogP contribution in [0, 0.1) is 12.3 Å². The van der Waals surface area contributed by atoms with Crippen LogP contribution >= 0.6 is 23.2 Å². The molecule has 28 heavy (non-hydrogen) atoms. The summed E-state index contributed by atoms with van der Waals surface area (Å²) < 4.78 is 5.33. The molecule has 4 amide bonds. The van der Waals surface area contributed by atoms with Crippen LogP contribution in [0.1, 0.15) is 5.56 Å². The first-order valence-electron chi connectivity index (χ1n) is 7.93. The number of nitrogens with one attached hydrogen (secondary N) is 1. The van der Waals surface area contributed by atoms with E-state index in [1.807, 2.05) is 0 Å². The zero-order chi connectivity index (χ0) is 20.3. The van der Waals surface area contributed by atoms with Crippen LogP contribution in [-0.2, 0) is 9.59 Å². The predicted molar refractivity (Wildman–Crippen MR) is 106 cm³/mol. The summed E-state index contributed by atoms with van der Waals surface area (Å²) in [6.07, 6.45) is 6.52. The van der Waals surface area contributed by atoms with Crippen molar-refractivity contribution < 1.29 is 19.1 Å². The minimum atomic E-state index is -0.878. The Morgan fingerprint density at radius 2 is 1.89 bits per heavy atom. The predicted octanol–water partition coefficient (Wildman–Crippen LogP) is 3.67. The molecule has 1 fully saturated rings. The lowest BCUT2D eigenvalue weighted by atomic mass is 10.1. The third-order valence-electron chi connectivity index (χ3n) is 3.75. The molecule has 1 N–H and O–H groups in total. The molecule has 6 nitrogen and oxygen atoms in total. The van der Waals surface area contributed by atoms with E-state index in [4.69, 9.17) is 34.4 Å². The van der Waals surface area contributed by atoms with Gasteiger partial charge in [0.25, 0.3) is 11.8 Å². The Morgan fingerprint density at radius 3 is 2.61 bits per heavy atom. The highest BCUT2D eigenvalue weighted by atomic mass is 35.5. The van der Waals surface area contributed by atoms with Crippen LogP contribution in [0.15, 0.2) is 48.0 Å². The lowest BCUT2D eigenvalue weighted by Gasteiger charge is -2.26. The Morgan fingerprint density at radius 1 is 1.11 bits per heavy atom. The second-order valence-corrected chi connectivity index (χ2v) is 6.44. The number of amides is 4. The molecule has 0 saturated carbocycles. The smallest absolute Gasteiger partial charge is 0.335 e. The Kier molecular flexibility index (Phi) is 5.69. The maximum absolute atomic E-state index is 12.8. The average Bonchev–Trinajstić information content (AvgIpc) is 2.66. The Labute approximate surface area is 170 Å². The van der Waals surface area contributed by atoms with Gasteiger partial charge in [-0.05, 0) is 42.0 Å². The second-order valence-electron chi connectivity index (χ2n) is 5.62. The molecule has 8 heteroatoms. The Hall–Kier alpha value is -3.27. The van der Waals surface area contributed by atoms with Crippen LogP contribution in [-0.4, -0.2) is 24.5 Å². The normalized spacial score (nSPS) is 15.4. The highest BCUT2D eigenvalue weighted by Gasteiger charge is 2.37. The third kappa shape index (κ3) is 4.01. The van der Waals surface area contributed by atoms with Gasteiger partial charge < -0.3 is 4.74 Å². The molecule has 140 valence electrons. The maximum Gasteiger partial charge on any atom is 0.335 e. The topological polar surface area (TPSA) is 75.7 Å². The summed E-state index contributed by atoms with van der Waals surface area (Å²) in [6, 6.07) is 10.1. The molecule has 0 bridgehead atoms. The zero-order valence-electron chi connectivity index (χ0n) is 14.2. The summed E-state index contributed by atoms with van der Waals surface area (Å²) in [6.45, 7) is 0.0824. The number of hydrogen-bond donors (Lipinski definition) is 1. The van der Waals surface area contributed by atoms with Crippen LogP contribution in [0.5, 0.6) is 5.75 Å². The van der Waals surface area contributed by atoms with E-state index < -0.39 is 17.8 Å². The van der Waals surface area contributed by atoms with E-state index in [0.717, 1.165) is 4.90 Å². The molecule has 0 atom stereocenters. The number of imide groups is 2. The molecule has 0 spiro atoms. The number of rotatable bonds is 4. The number of terminal acetylenes is 1. The first-order chi connectivity index (χ1) is 13.4. The number of nitrogens with zero attached hydrogens (tertiary/aromatic N) is 1. The number of carbonyl (C=O) groups is 3. The minimum absolute atomic E-state index is 0.0824. The van der Waals surface area contributed by atoms with E-state index >= 15 is 0 Å². The number of carbonyl (C=O) groups excluding carboxylic acids is 3. The van der Waals surface area contributed by atoms with E-state index in [2.05, 4.69) is 11.2 Å². The van der Waals surface area contributed by atoms with Gasteiger partial charge >= 0.3 is 6.03 Å². The van der Waals surface area contributed by atoms with E-state index in [9.17, 15) is 14.4 Å². The van der Waals surface area contributed by atoms with Crippen LogP contribution in [0.3, 0.4) is 0 Å². The van der Waals surface area contributed by atoms with Gasteiger partial charge in [-0.15, -0.1) is 6.42 Å². The van der Waals surface area contributed by atoms with Crippen molar-refractivity contribution in [2.45, 2.75) is 0 Å². The van der Waals surface area contributed by atoms with Crippen molar-refractivity contribution in [3.8, 4) is 18.1 Å². The number of benzene rings is 2. The lowest BCUT2D eigenvalue weighted by molar-refractivity contribution is -0.122. The molecule has 0 radical (unpaired) electrons. The quantitative estimate of drug-likeness (QED) is 0.470. The van der Waals surface area contributed by atoms with Crippen LogP contribution in [0.25, 0.3) is 6.08 Å². The van der Waals surface area contributed by atoms with Gasteiger partial charge in [0, 0.05) is 0 Å². The molecule has 1 aliphatic heterocycles. The first-order valence-corrected chi connectivity index (χ1v) is 8.69. The van der Waals surface area contributed by atoms with Gasteiger partial charge in [0.05, 0.1) is 15.7 Å². The summed E-state index contributed by atoms with van der Waals surface area (Å²) in [5.74, 6) is 1.23. The summed E-state index contributed by atoms with van der Waals surface area (Å²) in [4.78, 5) is 38.1. The number of barbiturate groups is 1. The summed E-state index contributed by atoms with van der Waals surface area (Å²) in [5, 5.41) is 2.57. The number of halogens is 2. The van der Waals surface area contributed by atoms with Gasteiger partial charge in [0.1, 0.15) is 17.9 Å². The standard InChI is InChI=1S/C20H12Cl2N2O4/c1-2-8-28-14-5-3-4-12(9-14)10-15-18(25)23-20(27)24(19(15)26)13-6-7-16(21)17(22)11-13/h1,3-7,9-11H,8H2,(H,23,25,27). The molecule has 0 unspecified atom stereocenters. The average molecular weight is 415 g/mol. The maximum atomic E-state index is 12.8. The fraction of sp³-hybridized carbons (Fsp3) is 0.0500. The van der Waals surface area contributed by atoms with Crippen LogP contribution in [0.2, 0.25) is 10.0 Å². The van der Waals surface area contributed by atoms with Crippen molar-refractivity contribution in [1.29, 1.82) is 0 Å². The molecule has 2 aromatic carbocycles. The van der Waals surface area contributed by atoms with Crippen molar-refractivity contribution in [3.63, 3.8) is 0 Å². The largest absolute Gasteiger partial charge is 0.481 e. The highest BCUT2D eigenvalue weighted by molar-refractivity contribution is 6.43. The number of ether oxygens (including phenoxy) is 1. The van der Waals surface area contributed by atoms with Gasteiger partial charge in [-0.2, -0.15) is 0 Å². The molecular weight excluding hydrogens is 403 g/mol. The van der Waals surface area contributed by atoms with Crippen molar-refractivity contribution in [2.75, 3.05) is 11.5 Å². The molecule has 1 heterocycles. The summed E-state index contributed by atoms with van der Waals surface area (Å²) in [7, 11) is 0. The van der Waals surface area contributed by atoms with Crippen molar-refractivity contribution in [2.24, 2.45) is 0 Å². The fourth-order valence-electron chi connectivity index (χ4n) is 2.50. The van der Waals surface area contributed by atoms with Crippen LogP contribution < -0.4 is 15.0 Å². The monoisotopic (exact) mass is 414 g/mol. The molecule has 0 aliphatic carbocycles. The summed E-state index contributed by atoms with van der Waals surface area (Å²) >= 11 is 11.8. The van der Waals surface area contributed by atoms with Crippen molar-refractivity contribution in [1.82, 2.24) is 5.32 Å². The zero-order valence-corrected chi connectivity index (χ0v) is 15.8. The Balaban J connectivity index is 1.97. The molecule has 3 rings (SSSR count). The minimum Gasteiger partial charge on any atom is -0.481 e. The van der Waals surface area contributed by atoms with Crippen LogP contribution in [0.4, 0.5) is 10.5 Å². The fourth-order valence-corrected chi connectivity index (χ4v) is 2.79. The van der Waals surface area contributed by atoms with Gasteiger partial charge in [0.15, 0.2) is 0 Å². The molecular formula is C20H12Cl2N2O4. The van der Waals surface area contributed by atoms with Gasteiger partial charge in [0.2, 0.25) is 0 Å². The van der Waals surface area contributed by atoms with Crippen molar-refractivity contribution >= 4 is 52.8 Å². The first kappa shape index (κ1) is 19.5. The van der Waals surface area contributed by atoms with Gasteiger partial charge in [-0.3, -0.25) is 14.9 Å². The number of hydrogen-bond acceptors (Lipinski definition) is 4. The second kappa shape index (κ2) is 8.17. The molecule has 1 saturated heterocycles. The lowest BCUT2D eigenvalue weighted by Crippen LogP contribution is -2.54. The SMILES string of the molecule is C#CCOc1cccc(C=C2C(=O)NC(=O)N(c3ccc(Cl)c(Cl)c3)C2=O)c1. The van der Waals surface area contributed by atoms with Gasteiger partial charge in [-0.1, -0.05) is 41.3 Å². The molecule has 2 aromatic rings. The van der Waals surface area contributed by atoms with Crippen molar-refractivity contribution in [3.05, 3.63) is 63.6 Å². The highest BCUT2D eigenvalue weighted by Crippen LogP contribution is 2.29. The van der Waals surface area contributed by atoms with Gasteiger partial charge in [-0.25, -0.2) is 9.69 Å². The Bertz CT molecular complexity index is 1060. The number of urea groups is 1. The molecule has 0 aromatic heterocycles. The third-order valence-corrected chi connectivity index (χ3v) is 4.49. The molecule has 1 aliphatic rings. The van der Waals surface area contributed by atoms with E-state index in [1.165, 1.54) is 24.3 Å². The van der Waals surface area contributed by atoms with E-state index in [1.54, 1.807) is 24.3 Å². The summed E-state index contributed by atoms with van der Waals surface area (Å²) in [5.41, 5.74) is 0.484. The van der Waals surface area contributed by atoms with E-state index in [-0.39, 0.29) is 27.9 Å². The number of anilines is 1.